The van der Waals surface area contributed by atoms with Crippen molar-refractivity contribution in [2.75, 3.05) is 0 Å². The Morgan fingerprint density at radius 3 is 0.910 bits per heavy atom. The Labute approximate surface area is 716 Å². The first-order chi connectivity index (χ1) is 60.0. The summed E-state index contributed by atoms with van der Waals surface area (Å²) < 4.78 is 27.4. The molecule has 0 saturated carbocycles. The summed E-state index contributed by atoms with van der Waals surface area (Å²) in [6.45, 7) is 8.43. The zero-order valence-electron chi connectivity index (χ0n) is 67.8. The van der Waals surface area contributed by atoms with Crippen molar-refractivity contribution in [2.45, 2.75) is 49.7 Å². The molecule has 1 fully saturated rings. The van der Waals surface area contributed by atoms with Gasteiger partial charge >= 0.3 is 7.12 Å². The topological polar surface area (TPSA) is 44.7 Å². The molecule has 6 heteroatoms. The fourth-order valence-corrected chi connectivity index (χ4v) is 21.6. The molecule has 0 unspecified atom stereocenters. The second kappa shape index (κ2) is 28.6. The molecule has 3 aliphatic rings. The highest BCUT2D eigenvalue weighted by Crippen LogP contribution is 2.62. The van der Waals surface area contributed by atoms with Gasteiger partial charge in [-0.2, -0.15) is 0 Å². The van der Waals surface area contributed by atoms with Crippen molar-refractivity contribution in [1.82, 2.24) is 0 Å². The summed E-state index contributed by atoms with van der Waals surface area (Å²) in [5.74, 6) is 0. The van der Waals surface area contributed by atoms with Crippen molar-refractivity contribution in [2.24, 2.45) is 0 Å². The molecule has 0 spiro atoms. The molecule has 22 aromatic rings. The number of hydrogen-bond donors (Lipinski definition) is 0. The van der Waals surface area contributed by atoms with Gasteiger partial charge in [-0.1, -0.05) is 398 Å². The Bertz CT molecular complexity index is 7740. The minimum atomic E-state index is -0.544. The summed E-state index contributed by atoms with van der Waals surface area (Å²) in [7, 11) is -0.481. The molecule has 0 atom stereocenters. The molecule has 122 heavy (non-hydrogen) atoms. The predicted octanol–water partition coefficient (Wildman–Crippen LogP) is 30.6. The lowest BCUT2D eigenvalue weighted by atomic mass is 9.61. The largest absolute Gasteiger partial charge is 0.495 e. The van der Waals surface area contributed by atoms with Gasteiger partial charge in [0.15, 0.2) is 0 Å². The maximum atomic E-state index is 6.63. The van der Waals surface area contributed by atoms with Crippen molar-refractivity contribution < 1.29 is 18.1 Å². The van der Waals surface area contributed by atoms with Crippen LogP contribution in [-0.2, 0) is 20.1 Å². The Morgan fingerprint density at radius 1 is 0.221 bits per heavy atom. The van der Waals surface area contributed by atoms with Crippen LogP contribution in [0.5, 0.6) is 0 Å². The third kappa shape index (κ3) is 10.9. The van der Waals surface area contributed by atoms with Crippen LogP contribution in [0.25, 0.3) is 164 Å². The van der Waals surface area contributed by atoms with Gasteiger partial charge in [-0.05, 0) is 228 Å². The van der Waals surface area contributed by atoms with Gasteiger partial charge in [0.1, 0.15) is 22.3 Å². The standard InChI is InChI=1S/C55H34O.C31H27BO3.C30H19Br/c1-4-17-35(18-5-1)50-41-25-12-14-27-43(41)51(44-28-15-13-26-42(44)50)45-32-31-40(38-23-10-11-24-39(38)45)46-33-34-49-53-52-47(29-16-30-48(52)56-49)55(54(46)53,36-19-6-2-7-20-36)37-21-8-3-9-22-37;1-29(2)30(3,4)35-32(34-29)23-18-19-25-27-26-22(16-11-17-24(26)33-25)31(28(23)27,20-12-7-5-8-13-20)21-14-9-6-10-15-21;31-28-19-18-27(21-12-4-5-13-22(21)28)30-25-16-8-6-14-23(25)29(20-10-2-1-3-11-20)24-15-7-9-17-26(24)30/h1-34H;5-19H,1-4H3;1-19H. The van der Waals surface area contributed by atoms with E-state index in [9.17, 15) is 0 Å². The first-order valence-corrected chi connectivity index (χ1v) is 43.0. The summed E-state index contributed by atoms with van der Waals surface area (Å²) in [5.41, 5.74) is 25.3. The van der Waals surface area contributed by atoms with Crippen LogP contribution in [0.4, 0.5) is 0 Å². The zero-order chi connectivity index (χ0) is 81.6. The van der Waals surface area contributed by atoms with Crippen LogP contribution in [0.3, 0.4) is 0 Å². The van der Waals surface area contributed by atoms with Gasteiger partial charge in [0.25, 0.3) is 0 Å². The zero-order valence-corrected chi connectivity index (χ0v) is 69.4. The molecule has 20 aromatic carbocycles. The van der Waals surface area contributed by atoms with Gasteiger partial charge in [-0.25, -0.2) is 0 Å². The predicted molar refractivity (Wildman–Crippen MR) is 513 cm³/mol. The van der Waals surface area contributed by atoms with Gasteiger partial charge < -0.3 is 18.1 Å². The van der Waals surface area contributed by atoms with E-state index >= 15 is 0 Å². The smallest absolute Gasteiger partial charge is 0.456 e. The number of hydrogen-bond acceptors (Lipinski definition) is 4. The average molecular weight is 1630 g/mol. The highest BCUT2D eigenvalue weighted by atomic mass is 79.9. The number of benzene rings is 20. The van der Waals surface area contributed by atoms with Crippen LogP contribution in [-0.4, -0.2) is 18.3 Å². The van der Waals surface area contributed by atoms with E-state index in [0.717, 1.165) is 37.7 Å². The highest BCUT2D eigenvalue weighted by molar-refractivity contribution is 9.10. The molecule has 0 bridgehead atoms. The average Bonchev–Trinajstić information content (AvgIpc) is 1.51. The summed E-state index contributed by atoms with van der Waals surface area (Å²) in [4.78, 5) is 0. The lowest BCUT2D eigenvalue weighted by molar-refractivity contribution is 0.00578. The van der Waals surface area contributed by atoms with Gasteiger partial charge in [0, 0.05) is 26.0 Å². The molecule has 25 rings (SSSR count). The Morgan fingerprint density at radius 2 is 0.508 bits per heavy atom. The summed E-state index contributed by atoms with van der Waals surface area (Å²) >= 11 is 3.75. The van der Waals surface area contributed by atoms with E-state index in [1.807, 2.05) is 0 Å². The molecule has 2 aromatic heterocycles. The minimum Gasteiger partial charge on any atom is -0.456 e. The normalized spacial score (nSPS) is 14.5. The second-order valence-corrected chi connectivity index (χ2v) is 34.5. The molecule has 0 N–H and O–H groups in total. The molecule has 1 saturated heterocycles. The third-order valence-corrected chi connectivity index (χ3v) is 27.6. The molecule has 578 valence electrons. The van der Waals surface area contributed by atoms with Crippen LogP contribution in [0.1, 0.15) is 72.2 Å². The molecule has 0 amide bonds. The summed E-state index contributed by atoms with van der Waals surface area (Å²) in [6, 6.07) is 149. The van der Waals surface area contributed by atoms with Crippen LogP contribution < -0.4 is 5.46 Å². The maximum Gasteiger partial charge on any atom is 0.495 e. The van der Waals surface area contributed by atoms with Gasteiger partial charge in [-0.3, -0.25) is 0 Å². The van der Waals surface area contributed by atoms with Crippen molar-refractivity contribution >= 4 is 137 Å². The van der Waals surface area contributed by atoms with E-state index in [-0.39, 0.29) is 0 Å². The van der Waals surface area contributed by atoms with Crippen LogP contribution in [0.2, 0.25) is 0 Å². The van der Waals surface area contributed by atoms with Gasteiger partial charge in [0.05, 0.1) is 22.0 Å². The summed E-state index contributed by atoms with van der Waals surface area (Å²) in [5, 5.41) is 19.9. The maximum absolute atomic E-state index is 6.63. The van der Waals surface area contributed by atoms with Gasteiger partial charge in [0.2, 0.25) is 0 Å². The number of furan rings is 2. The number of rotatable bonds is 10. The highest BCUT2D eigenvalue weighted by Gasteiger charge is 2.56. The van der Waals surface area contributed by atoms with E-state index in [2.05, 4.69) is 456 Å². The van der Waals surface area contributed by atoms with Crippen molar-refractivity contribution in [3.05, 3.63) is 461 Å². The number of fused-ring (bicyclic) bond motifs is 6. The van der Waals surface area contributed by atoms with E-state index in [4.69, 9.17) is 18.1 Å². The molecule has 4 nitrogen and oxygen atoms in total. The first kappa shape index (κ1) is 73.2. The molecule has 0 radical (unpaired) electrons. The quantitative estimate of drug-likeness (QED) is 0.101. The first-order valence-electron chi connectivity index (χ1n) is 42.2. The Balaban J connectivity index is 0.000000113. The van der Waals surface area contributed by atoms with E-state index in [0.29, 0.717) is 0 Å². The van der Waals surface area contributed by atoms with E-state index < -0.39 is 29.2 Å². The van der Waals surface area contributed by atoms with Crippen molar-refractivity contribution in [3.63, 3.8) is 0 Å². The van der Waals surface area contributed by atoms with E-state index in [1.54, 1.807) is 0 Å². The fourth-order valence-electron chi connectivity index (χ4n) is 21.1. The Hall–Kier alpha value is -14.0. The van der Waals surface area contributed by atoms with Crippen LogP contribution in [0, 0.1) is 0 Å². The Kier molecular flexibility index (Phi) is 17.2. The molecule has 2 aliphatic carbocycles. The second-order valence-electron chi connectivity index (χ2n) is 33.6. The number of halogens is 1. The minimum absolute atomic E-state index is 0.432. The van der Waals surface area contributed by atoms with Crippen LogP contribution in [0.15, 0.2) is 426 Å². The summed E-state index contributed by atoms with van der Waals surface area (Å²) in [6.07, 6.45) is 0. The van der Waals surface area contributed by atoms with Crippen LogP contribution >= 0.6 is 15.9 Å². The lowest BCUT2D eigenvalue weighted by Crippen LogP contribution is -2.42. The van der Waals surface area contributed by atoms with Crippen molar-refractivity contribution in [3.8, 4) is 55.6 Å². The molecule has 3 heterocycles. The lowest BCUT2D eigenvalue weighted by Gasteiger charge is -2.36. The van der Waals surface area contributed by atoms with E-state index in [1.165, 1.54) is 181 Å². The monoisotopic (exact) mass is 1630 g/mol. The van der Waals surface area contributed by atoms with Crippen molar-refractivity contribution in [1.29, 1.82) is 0 Å². The van der Waals surface area contributed by atoms with Gasteiger partial charge in [-0.15, -0.1) is 0 Å². The molecule has 1 aliphatic heterocycles. The SMILES string of the molecule is Brc1ccc(-c2c3ccccc3c(-c3ccccc3)c3ccccc23)c2ccccc12.CC1(C)OB(c2ccc3oc4cccc5c4c3c2C5(c2ccccc2)c2ccccc2)OC1(C)C.c1ccc(-c2c3ccccc3c(-c3ccc(-c4ccc5oc6cccc7c6c5c4C7(c4ccccc4)c4ccccc4)c4ccccc34)c3ccccc23)cc1. The molecular weight excluding hydrogens is 1550 g/mol. The molecular formula is C116H80BBrO4. The fraction of sp³-hybridized carbons (Fsp3) is 0.0690. The third-order valence-electron chi connectivity index (χ3n) is 26.9.